The summed E-state index contributed by atoms with van der Waals surface area (Å²) in [5.41, 5.74) is 3.32. The van der Waals surface area contributed by atoms with Gasteiger partial charge in [-0.25, -0.2) is 4.98 Å². The lowest BCUT2D eigenvalue weighted by Gasteiger charge is -2.12. The number of nitrogens with one attached hydrogen (secondary N) is 2. The third kappa shape index (κ3) is 3.66. The van der Waals surface area contributed by atoms with E-state index in [-0.39, 0.29) is 0 Å². The van der Waals surface area contributed by atoms with Crippen molar-refractivity contribution in [1.29, 1.82) is 5.26 Å². The monoisotopic (exact) mass is 300 g/mol. The molecule has 0 saturated heterocycles. The first kappa shape index (κ1) is 14.6. The molecular formula is C19H16N4. The highest BCUT2D eigenvalue weighted by Gasteiger charge is 2.09. The van der Waals surface area contributed by atoms with Crippen LogP contribution in [0.3, 0.4) is 0 Å². The van der Waals surface area contributed by atoms with E-state index in [1.807, 2.05) is 60.7 Å². The average molecular weight is 300 g/mol. The van der Waals surface area contributed by atoms with E-state index in [0.717, 1.165) is 16.9 Å². The molecule has 2 N–H and O–H groups in total. The predicted molar refractivity (Wildman–Crippen MR) is 92.4 cm³/mol. The molecule has 0 unspecified atom stereocenters. The summed E-state index contributed by atoms with van der Waals surface area (Å²) in [5.74, 6) is 0.581. The van der Waals surface area contributed by atoms with Crippen molar-refractivity contribution in [3.05, 3.63) is 84.1 Å². The molecule has 4 nitrogen and oxygen atoms in total. The highest BCUT2D eigenvalue weighted by atomic mass is 15.0. The van der Waals surface area contributed by atoms with Gasteiger partial charge in [0.1, 0.15) is 17.5 Å². The van der Waals surface area contributed by atoms with Crippen LogP contribution in [0.1, 0.15) is 11.1 Å². The summed E-state index contributed by atoms with van der Waals surface area (Å²) in [6.07, 6.45) is 1.69. The molecule has 3 rings (SSSR count). The van der Waals surface area contributed by atoms with Crippen molar-refractivity contribution in [2.24, 2.45) is 0 Å². The van der Waals surface area contributed by atoms with E-state index >= 15 is 0 Å². The van der Waals surface area contributed by atoms with E-state index in [1.54, 1.807) is 12.3 Å². The zero-order chi connectivity index (χ0) is 15.9. The smallest absolute Gasteiger partial charge is 0.146 e. The lowest BCUT2D eigenvalue weighted by molar-refractivity contribution is 1.11. The Labute approximate surface area is 135 Å². The van der Waals surface area contributed by atoms with Gasteiger partial charge in [-0.05, 0) is 23.8 Å². The van der Waals surface area contributed by atoms with Crippen LogP contribution in [0.25, 0.3) is 0 Å². The molecule has 112 valence electrons. The maximum atomic E-state index is 9.50. The Bertz CT molecular complexity index is 808. The average Bonchev–Trinajstić information content (AvgIpc) is 2.62. The van der Waals surface area contributed by atoms with E-state index < -0.39 is 0 Å². The SMILES string of the molecule is N#Cc1c(Nc2ccccc2)ccnc1NCc1ccccc1. The standard InChI is InChI=1S/C19H16N4/c20-13-17-18(23-16-9-5-2-6-10-16)11-12-21-19(17)22-14-15-7-3-1-4-8-15/h1-12H,14H2,(H2,21,22,23). The van der Waals surface area contributed by atoms with E-state index in [1.165, 1.54) is 0 Å². The van der Waals surface area contributed by atoms with Crippen molar-refractivity contribution in [1.82, 2.24) is 4.98 Å². The zero-order valence-corrected chi connectivity index (χ0v) is 12.5. The number of aromatic nitrogens is 1. The molecule has 0 fully saturated rings. The Hall–Kier alpha value is -3.32. The molecule has 0 radical (unpaired) electrons. The molecule has 0 aliphatic carbocycles. The first-order valence-corrected chi connectivity index (χ1v) is 7.36. The molecule has 2 aromatic carbocycles. The minimum Gasteiger partial charge on any atom is -0.365 e. The summed E-state index contributed by atoms with van der Waals surface area (Å²) in [5, 5.41) is 16.0. The van der Waals surface area contributed by atoms with Crippen molar-refractivity contribution in [2.45, 2.75) is 6.54 Å². The van der Waals surface area contributed by atoms with Gasteiger partial charge in [0.2, 0.25) is 0 Å². The first-order valence-electron chi connectivity index (χ1n) is 7.36. The number of benzene rings is 2. The third-order valence-corrected chi connectivity index (χ3v) is 3.42. The Morgan fingerprint density at radius 1 is 0.913 bits per heavy atom. The van der Waals surface area contributed by atoms with Gasteiger partial charge in [0.15, 0.2) is 0 Å². The molecule has 0 amide bonds. The van der Waals surface area contributed by atoms with Crippen molar-refractivity contribution < 1.29 is 0 Å². The summed E-state index contributed by atoms with van der Waals surface area (Å²) in [6.45, 7) is 0.622. The number of nitriles is 1. The minimum absolute atomic E-state index is 0.507. The van der Waals surface area contributed by atoms with Gasteiger partial charge in [0.25, 0.3) is 0 Å². The van der Waals surface area contributed by atoms with E-state index in [0.29, 0.717) is 17.9 Å². The number of rotatable bonds is 5. The largest absolute Gasteiger partial charge is 0.365 e. The van der Waals surface area contributed by atoms with Crippen molar-refractivity contribution in [2.75, 3.05) is 10.6 Å². The lowest BCUT2D eigenvalue weighted by Crippen LogP contribution is -2.05. The van der Waals surface area contributed by atoms with Crippen LogP contribution in [-0.2, 0) is 6.54 Å². The van der Waals surface area contributed by atoms with E-state index in [2.05, 4.69) is 21.7 Å². The quantitative estimate of drug-likeness (QED) is 0.737. The van der Waals surface area contributed by atoms with Crippen LogP contribution < -0.4 is 10.6 Å². The fraction of sp³-hybridized carbons (Fsp3) is 0.0526. The fourth-order valence-corrected chi connectivity index (χ4v) is 2.27. The first-order chi connectivity index (χ1) is 11.4. The number of hydrogen-bond donors (Lipinski definition) is 2. The number of pyridine rings is 1. The van der Waals surface area contributed by atoms with E-state index in [4.69, 9.17) is 0 Å². The topological polar surface area (TPSA) is 60.7 Å². The van der Waals surface area contributed by atoms with Gasteiger partial charge >= 0.3 is 0 Å². The van der Waals surface area contributed by atoms with Crippen molar-refractivity contribution in [3.63, 3.8) is 0 Å². The third-order valence-electron chi connectivity index (χ3n) is 3.42. The van der Waals surface area contributed by atoms with Crippen LogP contribution >= 0.6 is 0 Å². The molecule has 1 heterocycles. The molecular weight excluding hydrogens is 284 g/mol. The highest BCUT2D eigenvalue weighted by molar-refractivity contribution is 5.72. The summed E-state index contributed by atoms with van der Waals surface area (Å²) in [7, 11) is 0. The van der Waals surface area contributed by atoms with Crippen molar-refractivity contribution >= 4 is 17.2 Å². The molecule has 0 saturated carbocycles. The summed E-state index contributed by atoms with van der Waals surface area (Å²) < 4.78 is 0. The van der Waals surface area contributed by atoms with Gasteiger partial charge in [-0.15, -0.1) is 0 Å². The normalized spacial score (nSPS) is 9.87. The maximum absolute atomic E-state index is 9.50. The molecule has 4 heteroatoms. The van der Waals surface area contributed by atoms with Crippen LogP contribution in [0.4, 0.5) is 17.2 Å². The molecule has 23 heavy (non-hydrogen) atoms. The van der Waals surface area contributed by atoms with E-state index in [9.17, 15) is 5.26 Å². The summed E-state index contributed by atoms with van der Waals surface area (Å²) in [6, 6.07) is 23.8. The Morgan fingerprint density at radius 3 is 2.30 bits per heavy atom. The van der Waals surface area contributed by atoms with Crippen LogP contribution in [0.2, 0.25) is 0 Å². The van der Waals surface area contributed by atoms with Gasteiger partial charge in [-0.2, -0.15) is 5.26 Å². The van der Waals surface area contributed by atoms with Crippen LogP contribution in [-0.4, -0.2) is 4.98 Å². The van der Waals surface area contributed by atoms with Gasteiger partial charge in [0.05, 0.1) is 5.69 Å². The second-order valence-corrected chi connectivity index (χ2v) is 5.02. The van der Waals surface area contributed by atoms with Gasteiger partial charge in [-0.3, -0.25) is 0 Å². The van der Waals surface area contributed by atoms with Crippen LogP contribution in [0, 0.1) is 11.3 Å². The zero-order valence-electron chi connectivity index (χ0n) is 12.5. The molecule has 0 aliphatic rings. The Kier molecular flexibility index (Phi) is 4.51. The number of nitrogens with zero attached hydrogens (tertiary/aromatic N) is 2. The molecule has 0 spiro atoms. The van der Waals surface area contributed by atoms with Crippen LogP contribution in [0.15, 0.2) is 72.9 Å². The maximum Gasteiger partial charge on any atom is 0.146 e. The predicted octanol–water partition coefficient (Wildman–Crippen LogP) is 4.31. The van der Waals surface area contributed by atoms with Gasteiger partial charge < -0.3 is 10.6 Å². The molecule has 0 bridgehead atoms. The number of anilines is 3. The second kappa shape index (κ2) is 7.10. The second-order valence-electron chi connectivity index (χ2n) is 5.02. The van der Waals surface area contributed by atoms with Crippen molar-refractivity contribution in [3.8, 4) is 6.07 Å². The molecule has 0 atom stereocenters. The number of para-hydroxylation sites is 1. The fourth-order valence-electron chi connectivity index (χ4n) is 2.27. The lowest BCUT2D eigenvalue weighted by atomic mass is 10.2. The van der Waals surface area contributed by atoms with Gasteiger partial charge in [-0.1, -0.05) is 48.5 Å². The summed E-state index contributed by atoms with van der Waals surface area (Å²) >= 11 is 0. The Morgan fingerprint density at radius 2 is 1.61 bits per heavy atom. The van der Waals surface area contributed by atoms with Gasteiger partial charge in [0, 0.05) is 18.4 Å². The number of hydrogen-bond acceptors (Lipinski definition) is 4. The summed E-state index contributed by atoms with van der Waals surface area (Å²) in [4.78, 5) is 4.29. The highest BCUT2D eigenvalue weighted by Crippen LogP contribution is 2.25. The Balaban J connectivity index is 1.81. The molecule has 3 aromatic rings. The molecule has 1 aromatic heterocycles. The minimum atomic E-state index is 0.507. The molecule has 0 aliphatic heterocycles. The van der Waals surface area contributed by atoms with Crippen LogP contribution in [0.5, 0.6) is 0 Å².